The molecule has 0 spiro atoms. The van der Waals surface area contributed by atoms with Crippen molar-refractivity contribution in [2.24, 2.45) is 11.8 Å². The predicted molar refractivity (Wildman–Crippen MR) is 154 cm³/mol. The van der Waals surface area contributed by atoms with Crippen LogP contribution in [0.25, 0.3) is 0 Å². The average Bonchev–Trinajstić information content (AvgIpc) is 2.96. The summed E-state index contributed by atoms with van der Waals surface area (Å²) in [5.41, 5.74) is 3.44. The number of amides is 3. The molecule has 3 amide bonds. The van der Waals surface area contributed by atoms with E-state index in [-0.39, 0.29) is 30.9 Å². The second-order valence-corrected chi connectivity index (χ2v) is 11.2. The van der Waals surface area contributed by atoms with Gasteiger partial charge < -0.3 is 20.6 Å². The van der Waals surface area contributed by atoms with Crippen LogP contribution in [-0.4, -0.2) is 40.5 Å². The monoisotopic (exact) mass is 533 g/mol. The van der Waals surface area contributed by atoms with Gasteiger partial charge in [0, 0.05) is 30.4 Å². The Balaban J connectivity index is 1.43. The minimum absolute atomic E-state index is 0.0835. The van der Waals surface area contributed by atoms with E-state index in [9.17, 15) is 14.4 Å². The van der Waals surface area contributed by atoms with Gasteiger partial charge in [0.05, 0.1) is 6.42 Å². The van der Waals surface area contributed by atoms with Gasteiger partial charge in [-0.2, -0.15) is 0 Å². The standard InChI is InChI=1S/C32H43N3O4/c1-2-23-7-6-10-28(21-23)34-32(39)35(29-17-15-26(16-18-29)25-8-4-3-5-9-25)22-24-11-13-27(14-12-24)31(38)33-20-19-30(36)37/h6-7,10-14,21,25-26,29H,2-5,8-9,15-20,22H2,1H3,(H,33,38)(H,34,39)(H,36,37). The van der Waals surface area contributed by atoms with E-state index in [1.165, 1.54) is 50.5 Å². The third-order valence-electron chi connectivity index (χ3n) is 8.54. The fraction of sp³-hybridized carbons (Fsp3) is 0.531. The van der Waals surface area contributed by atoms with Gasteiger partial charge in [0.25, 0.3) is 5.91 Å². The van der Waals surface area contributed by atoms with E-state index < -0.39 is 5.97 Å². The number of benzene rings is 2. The van der Waals surface area contributed by atoms with Crippen LogP contribution in [0.2, 0.25) is 0 Å². The molecule has 3 N–H and O–H groups in total. The van der Waals surface area contributed by atoms with E-state index in [4.69, 9.17) is 5.11 Å². The number of nitrogens with one attached hydrogen (secondary N) is 2. The summed E-state index contributed by atoms with van der Waals surface area (Å²) in [7, 11) is 0. The van der Waals surface area contributed by atoms with E-state index in [2.05, 4.69) is 23.6 Å². The third kappa shape index (κ3) is 8.32. The minimum atomic E-state index is -0.946. The topological polar surface area (TPSA) is 98.7 Å². The number of anilines is 1. The third-order valence-corrected chi connectivity index (χ3v) is 8.54. The van der Waals surface area contributed by atoms with E-state index in [0.29, 0.717) is 12.1 Å². The summed E-state index contributed by atoms with van der Waals surface area (Å²) in [5, 5.41) is 14.6. The Bertz CT molecular complexity index is 1100. The number of aryl methyl sites for hydroxylation is 1. The molecule has 2 aliphatic rings. The second kappa shape index (κ2) is 14.2. The van der Waals surface area contributed by atoms with Gasteiger partial charge in [0.1, 0.15) is 0 Å². The highest BCUT2D eigenvalue weighted by Gasteiger charge is 2.33. The van der Waals surface area contributed by atoms with Crippen LogP contribution in [0.15, 0.2) is 48.5 Å². The maximum atomic E-state index is 13.7. The number of carboxylic acids is 1. The molecule has 39 heavy (non-hydrogen) atoms. The smallest absolute Gasteiger partial charge is 0.322 e. The second-order valence-electron chi connectivity index (χ2n) is 11.2. The molecule has 0 radical (unpaired) electrons. The summed E-state index contributed by atoms with van der Waals surface area (Å²) in [6.07, 6.45) is 12.0. The molecule has 0 saturated heterocycles. The molecule has 2 aromatic rings. The van der Waals surface area contributed by atoms with Gasteiger partial charge in [-0.05, 0) is 79.3 Å². The van der Waals surface area contributed by atoms with Gasteiger partial charge in [-0.25, -0.2) is 4.79 Å². The quantitative estimate of drug-likeness (QED) is 0.319. The SMILES string of the molecule is CCc1cccc(NC(=O)N(Cc2ccc(C(=O)NCCC(=O)O)cc2)C2CCC(C3CCCCC3)CC2)c1. The van der Waals surface area contributed by atoms with E-state index in [0.717, 1.165) is 42.3 Å². The molecule has 7 nitrogen and oxygen atoms in total. The van der Waals surface area contributed by atoms with Crippen molar-refractivity contribution >= 4 is 23.6 Å². The van der Waals surface area contributed by atoms with Crippen molar-refractivity contribution in [1.29, 1.82) is 0 Å². The Kier molecular flexibility index (Phi) is 10.4. The Morgan fingerprint density at radius 1 is 0.872 bits per heavy atom. The van der Waals surface area contributed by atoms with Crippen LogP contribution >= 0.6 is 0 Å². The van der Waals surface area contributed by atoms with Crippen molar-refractivity contribution in [3.8, 4) is 0 Å². The number of aliphatic carboxylic acids is 1. The lowest BCUT2D eigenvalue weighted by Crippen LogP contribution is -2.44. The summed E-state index contributed by atoms with van der Waals surface area (Å²) < 4.78 is 0. The Labute approximate surface area is 232 Å². The molecule has 2 fully saturated rings. The summed E-state index contributed by atoms with van der Waals surface area (Å²) in [6.45, 7) is 2.67. The minimum Gasteiger partial charge on any atom is -0.481 e. The molecule has 2 saturated carbocycles. The first kappa shape index (κ1) is 28.7. The first-order valence-electron chi connectivity index (χ1n) is 14.7. The molecular weight excluding hydrogens is 490 g/mol. The fourth-order valence-electron chi connectivity index (χ4n) is 6.26. The van der Waals surface area contributed by atoms with Gasteiger partial charge in [-0.15, -0.1) is 0 Å². The zero-order valence-corrected chi connectivity index (χ0v) is 23.2. The number of urea groups is 1. The van der Waals surface area contributed by atoms with Crippen LogP contribution in [0, 0.1) is 11.8 Å². The molecule has 4 rings (SSSR count). The Morgan fingerprint density at radius 3 is 2.23 bits per heavy atom. The summed E-state index contributed by atoms with van der Waals surface area (Å²) in [6, 6.07) is 15.4. The van der Waals surface area contributed by atoms with Gasteiger partial charge >= 0.3 is 12.0 Å². The first-order valence-corrected chi connectivity index (χ1v) is 14.7. The number of nitrogens with zero attached hydrogens (tertiary/aromatic N) is 1. The number of carbonyl (C=O) groups is 3. The number of carbonyl (C=O) groups excluding carboxylic acids is 2. The lowest BCUT2D eigenvalue weighted by Gasteiger charge is -2.40. The van der Waals surface area contributed by atoms with Crippen LogP contribution in [-0.2, 0) is 17.8 Å². The molecule has 2 aliphatic carbocycles. The molecule has 0 atom stereocenters. The summed E-state index contributed by atoms with van der Waals surface area (Å²) in [5.74, 6) is 0.395. The maximum Gasteiger partial charge on any atom is 0.322 e. The molecule has 0 heterocycles. The highest BCUT2D eigenvalue weighted by Crippen LogP contribution is 2.39. The van der Waals surface area contributed by atoms with E-state index in [1.54, 1.807) is 12.1 Å². The molecule has 0 aromatic heterocycles. The highest BCUT2D eigenvalue weighted by atomic mass is 16.4. The van der Waals surface area contributed by atoms with Crippen LogP contribution in [0.3, 0.4) is 0 Å². The molecule has 0 aliphatic heterocycles. The van der Waals surface area contributed by atoms with E-state index in [1.807, 2.05) is 35.2 Å². The molecule has 2 aromatic carbocycles. The van der Waals surface area contributed by atoms with Crippen molar-refractivity contribution in [3.63, 3.8) is 0 Å². The lowest BCUT2D eigenvalue weighted by molar-refractivity contribution is -0.136. The number of hydrogen-bond acceptors (Lipinski definition) is 3. The first-order chi connectivity index (χ1) is 18.9. The zero-order chi connectivity index (χ0) is 27.6. The molecule has 7 heteroatoms. The van der Waals surface area contributed by atoms with Crippen molar-refractivity contribution in [3.05, 3.63) is 65.2 Å². The number of carboxylic acid groups (broad SMARTS) is 1. The van der Waals surface area contributed by atoms with Crippen molar-refractivity contribution in [2.75, 3.05) is 11.9 Å². The van der Waals surface area contributed by atoms with Gasteiger partial charge in [0.15, 0.2) is 0 Å². The molecular formula is C32H43N3O4. The Morgan fingerprint density at radius 2 is 1.56 bits per heavy atom. The lowest BCUT2D eigenvalue weighted by atomic mass is 9.72. The maximum absolute atomic E-state index is 13.7. The van der Waals surface area contributed by atoms with E-state index >= 15 is 0 Å². The predicted octanol–water partition coefficient (Wildman–Crippen LogP) is 6.63. The Hall–Kier alpha value is -3.35. The normalized spacial score (nSPS) is 19.7. The molecule has 210 valence electrons. The average molecular weight is 534 g/mol. The fourth-order valence-corrected chi connectivity index (χ4v) is 6.26. The molecule has 0 bridgehead atoms. The van der Waals surface area contributed by atoms with Crippen LogP contribution < -0.4 is 10.6 Å². The van der Waals surface area contributed by atoms with Crippen molar-refractivity contribution in [1.82, 2.24) is 10.2 Å². The van der Waals surface area contributed by atoms with Crippen LogP contribution in [0.1, 0.15) is 92.6 Å². The van der Waals surface area contributed by atoms with Gasteiger partial charge in [0.2, 0.25) is 0 Å². The molecule has 0 unspecified atom stereocenters. The van der Waals surface area contributed by atoms with Crippen molar-refractivity contribution in [2.45, 2.75) is 90.1 Å². The zero-order valence-electron chi connectivity index (χ0n) is 23.2. The summed E-state index contributed by atoms with van der Waals surface area (Å²) >= 11 is 0. The van der Waals surface area contributed by atoms with Gasteiger partial charge in [-0.1, -0.05) is 63.3 Å². The van der Waals surface area contributed by atoms with Gasteiger partial charge in [-0.3, -0.25) is 9.59 Å². The number of rotatable bonds is 10. The summed E-state index contributed by atoms with van der Waals surface area (Å²) in [4.78, 5) is 38.7. The van der Waals surface area contributed by atoms with Crippen LogP contribution in [0.5, 0.6) is 0 Å². The van der Waals surface area contributed by atoms with Crippen LogP contribution in [0.4, 0.5) is 10.5 Å². The van der Waals surface area contributed by atoms with Crippen molar-refractivity contribution < 1.29 is 19.5 Å². The highest BCUT2D eigenvalue weighted by molar-refractivity contribution is 5.94. The number of hydrogen-bond donors (Lipinski definition) is 3. The largest absolute Gasteiger partial charge is 0.481 e.